The van der Waals surface area contributed by atoms with E-state index in [0.29, 0.717) is 24.8 Å². The first-order valence-corrected chi connectivity index (χ1v) is 10.7. The quantitative estimate of drug-likeness (QED) is 0.424. The van der Waals surface area contributed by atoms with Crippen molar-refractivity contribution in [1.29, 1.82) is 0 Å². The number of ether oxygens (including phenoxy) is 2. The first-order valence-electron chi connectivity index (χ1n) is 9.90. The zero-order valence-corrected chi connectivity index (χ0v) is 18.5. The highest BCUT2D eigenvalue weighted by Gasteiger charge is 2.32. The fraction of sp³-hybridized carbons (Fsp3) is 0.364. The zero-order chi connectivity index (χ0) is 24.4. The smallest absolute Gasteiger partial charge is 0.480 e. The summed E-state index contributed by atoms with van der Waals surface area (Å²) in [7, 11) is 0. The Kier molecular flexibility index (Phi) is 7.11. The molecule has 1 aliphatic carbocycles. The number of hydrogen-bond acceptors (Lipinski definition) is 5. The molecule has 0 spiro atoms. The van der Waals surface area contributed by atoms with Gasteiger partial charge in [-0.05, 0) is 80.6 Å². The number of nitrogens with one attached hydrogen (secondary N) is 1. The van der Waals surface area contributed by atoms with Crippen molar-refractivity contribution < 1.29 is 41.7 Å². The normalized spacial score (nSPS) is 16.0. The number of carboxylic acids is 1. The number of rotatable bonds is 6. The minimum atomic E-state index is -4.82. The van der Waals surface area contributed by atoms with E-state index in [0.717, 1.165) is 29.5 Å². The van der Waals surface area contributed by atoms with Gasteiger partial charge in [0.15, 0.2) is 0 Å². The molecule has 1 atom stereocenters. The largest absolute Gasteiger partial charge is 0.573 e. The van der Waals surface area contributed by atoms with E-state index in [9.17, 15) is 32.3 Å². The van der Waals surface area contributed by atoms with Crippen LogP contribution in [0.5, 0.6) is 11.5 Å². The van der Waals surface area contributed by atoms with Crippen LogP contribution in [0.4, 0.5) is 22.4 Å². The summed E-state index contributed by atoms with van der Waals surface area (Å²) in [6.45, 7) is 3.00. The van der Waals surface area contributed by atoms with Crippen LogP contribution in [0.2, 0.25) is 0 Å². The van der Waals surface area contributed by atoms with Crippen LogP contribution in [0.1, 0.15) is 31.4 Å². The van der Waals surface area contributed by atoms with Gasteiger partial charge >= 0.3 is 18.4 Å². The molecular weight excluding hydrogens is 466 g/mol. The predicted octanol–water partition coefficient (Wildman–Crippen LogP) is 5.33. The number of aliphatic carboxylic acids is 1. The summed E-state index contributed by atoms with van der Waals surface area (Å²) < 4.78 is 58.8. The maximum Gasteiger partial charge on any atom is 0.573 e. The third-order valence-corrected chi connectivity index (χ3v) is 6.17. The van der Waals surface area contributed by atoms with E-state index in [1.165, 1.54) is 32.0 Å². The molecule has 0 saturated carbocycles. The number of alkyl halides is 3. The molecule has 0 aromatic heterocycles. The van der Waals surface area contributed by atoms with Crippen LogP contribution < -0.4 is 14.8 Å². The molecule has 0 saturated heterocycles. The number of thioether (sulfide) groups is 1. The van der Waals surface area contributed by atoms with Gasteiger partial charge in [-0.25, -0.2) is 9.18 Å². The van der Waals surface area contributed by atoms with Crippen molar-refractivity contribution in [2.75, 3.05) is 0 Å². The highest BCUT2D eigenvalue weighted by Crippen LogP contribution is 2.37. The average Bonchev–Trinajstić information content (AvgIpc) is 2.69. The monoisotopic (exact) mass is 487 g/mol. The molecule has 0 aliphatic heterocycles. The first kappa shape index (κ1) is 24.7. The maximum atomic E-state index is 14.6. The second kappa shape index (κ2) is 9.50. The molecule has 11 heteroatoms. The lowest BCUT2D eigenvalue weighted by molar-refractivity contribution is -0.274. The summed E-state index contributed by atoms with van der Waals surface area (Å²) in [5, 5.41) is 11.9. The van der Waals surface area contributed by atoms with Crippen LogP contribution in [0.25, 0.3) is 0 Å². The zero-order valence-electron chi connectivity index (χ0n) is 17.7. The Morgan fingerprint density at radius 3 is 2.33 bits per heavy atom. The van der Waals surface area contributed by atoms with Gasteiger partial charge in [0.2, 0.25) is 0 Å². The van der Waals surface area contributed by atoms with Crippen molar-refractivity contribution in [2.45, 2.75) is 55.2 Å². The Hall–Kier alpha value is -2.95. The fourth-order valence-corrected chi connectivity index (χ4v) is 4.28. The van der Waals surface area contributed by atoms with Crippen LogP contribution in [-0.4, -0.2) is 34.3 Å². The fourth-order valence-electron chi connectivity index (χ4n) is 3.29. The number of fused-ring (bicyclic) bond motifs is 1. The van der Waals surface area contributed by atoms with Crippen molar-refractivity contribution in [3.8, 4) is 11.5 Å². The molecule has 0 heterocycles. The lowest BCUT2D eigenvalue weighted by atomic mass is 9.88. The summed E-state index contributed by atoms with van der Waals surface area (Å²) in [4.78, 5) is 23.8. The first-order chi connectivity index (χ1) is 15.3. The van der Waals surface area contributed by atoms with E-state index < -0.39 is 34.7 Å². The Balaban J connectivity index is 1.59. The van der Waals surface area contributed by atoms with Gasteiger partial charge in [0.1, 0.15) is 22.1 Å². The second-order valence-electron chi connectivity index (χ2n) is 7.96. The number of carbonyl (C=O) groups excluding carboxylic acids is 1. The maximum absolute atomic E-state index is 14.6. The van der Waals surface area contributed by atoms with Gasteiger partial charge in [-0.3, -0.25) is 4.79 Å². The highest BCUT2D eigenvalue weighted by atomic mass is 32.2. The average molecular weight is 487 g/mol. The van der Waals surface area contributed by atoms with E-state index in [1.807, 2.05) is 0 Å². The van der Waals surface area contributed by atoms with Crippen molar-refractivity contribution in [1.82, 2.24) is 5.32 Å². The molecule has 6 nitrogen and oxygen atoms in total. The summed E-state index contributed by atoms with van der Waals surface area (Å²) in [6.07, 6.45) is -4.15. The third kappa shape index (κ3) is 6.77. The van der Waals surface area contributed by atoms with Gasteiger partial charge in [-0.1, -0.05) is 0 Å². The van der Waals surface area contributed by atoms with Crippen LogP contribution in [0.3, 0.4) is 0 Å². The van der Waals surface area contributed by atoms with Crippen LogP contribution >= 0.6 is 11.8 Å². The highest BCUT2D eigenvalue weighted by molar-refractivity contribution is 8.01. The van der Waals surface area contributed by atoms with Crippen LogP contribution in [0, 0.1) is 5.82 Å². The summed E-state index contributed by atoms with van der Waals surface area (Å²) >= 11 is 0.934. The Labute approximate surface area is 191 Å². The molecule has 33 heavy (non-hydrogen) atoms. The third-order valence-electron chi connectivity index (χ3n) is 4.95. The topological polar surface area (TPSA) is 84.9 Å². The Morgan fingerprint density at radius 1 is 1.09 bits per heavy atom. The van der Waals surface area contributed by atoms with E-state index in [2.05, 4.69) is 10.1 Å². The Morgan fingerprint density at radius 2 is 1.73 bits per heavy atom. The van der Waals surface area contributed by atoms with Gasteiger partial charge in [0.05, 0.1) is 0 Å². The standard InChI is InChI=1S/C22H21F4NO5S/c1-21(2,19(28)29)33-18-11-12-3-4-14(9-13(12)10-17(18)23)27-20(30)31-15-5-7-16(8-6-15)32-22(24,25)26/h5-8,10-11,14H,3-4,9H2,1-2H3,(H,27,30)(H,28,29). The number of carboxylic acid groups (broad SMARTS) is 1. The second-order valence-corrected chi connectivity index (χ2v) is 9.63. The molecule has 178 valence electrons. The molecule has 0 fully saturated rings. The van der Waals surface area contributed by atoms with Crippen LogP contribution in [0.15, 0.2) is 41.3 Å². The van der Waals surface area contributed by atoms with Crippen molar-refractivity contribution >= 4 is 23.8 Å². The van der Waals surface area contributed by atoms with E-state index in [4.69, 9.17) is 4.74 Å². The van der Waals surface area contributed by atoms with E-state index in [1.54, 1.807) is 6.07 Å². The molecular formula is C22H21F4NO5S. The molecule has 2 aromatic carbocycles. The Bertz CT molecular complexity index is 1040. The lowest BCUT2D eigenvalue weighted by Gasteiger charge is -2.27. The number of benzene rings is 2. The number of aryl methyl sites for hydroxylation is 1. The molecule has 1 unspecified atom stereocenters. The van der Waals surface area contributed by atoms with Gasteiger partial charge in [0.25, 0.3) is 0 Å². The number of halogens is 4. The van der Waals surface area contributed by atoms with E-state index >= 15 is 0 Å². The van der Waals surface area contributed by atoms with E-state index in [-0.39, 0.29) is 16.7 Å². The molecule has 0 radical (unpaired) electrons. The van der Waals surface area contributed by atoms with Gasteiger partial charge in [-0.2, -0.15) is 0 Å². The van der Waals surface area contributed by atoms with Crippen molar-refractivity contribution in [3.63, 3.8) is 0 Å². The summed E-state index contributed by atoms with van der Waals surface area (Å²) in [5.74, 6) is -1.98. The van der Waals surface area contributed by atoms with Gasteiger partial charge < -0.3 is 19.9 Å². The molecule has 2 N–H and O–H groups in total. The van der Waals surface area contributed by atoms with Gasteiger partial charge in [0, 0.05) is 10.9 Å². The molecule has 1 aliphatic rings. The molecule has 1 amide bonds. The number of amides is 1. The lowest BCUT2D eigenvalue weighted by Crippen LogP contribution is -2.40. The van der Waals surface area contributed by atoms with Crippen molar-refractivity contribution in [3.05, 3.63) is 53.3 Å². The van der Waals surface area contributed by atoms with Gasteiger partial charge in [-0.15, -0.1) is 24.9 Å². The molecule has 2 aromatic rings. The predicted molar refractivity (Wildman–Crippen MR) is 112 cm³/mol. The SMILES string of the molecule is CC(C)(Sc1cc2c(cc1F)CC(NC(=O)Oc1ccc(OC(F)(F)F)cc1)CC2)C(=O)O. The summed E-state index contributed by atoms with van der Waals surface area (Å²) in [6, 6.07) is 7.07. The summed E-state index contributed by atoms with van der Waals surface area (Å²) in [5.41, 5.74) is 1.59. The molecule has 3 rings (SSSR count). The molecule has 0 bridgehead atoms. The van der Waals surface area contributed by atoms with Crippen LogP contribution in [-0.2, 0) is 17.6 Å². The minimum Gasteiger partial charge on any atom is -0.480 e. The van der Waals surface area contributed by atoms with Crippen molar-refractivity contribution in [2.24, 2.45) is 0 Å². The minimum absolute atomic E-state index is 0.0343. The number of hydrogen-bond donors (Lipinski definition) is 2. The number of carbonyl (C=O) groups is 2.